The molecule has 0 fully saturated rings. The first kappa shape index (κ1) is 14.4. The van der Waals surface area contributed by atoms with Crippen LogP contribution in [0.3, 0.4) is 0 Å². The minimum Gasteiger partial charge on any atom is -0.468 e. The fourth-order valence-corrected chi connectivity index (χ4v) is 1.65. The molecule has 0 amide bonds. The lowest BCUT2D eigenvalue weighted by atomic mass is 9.95. The summed E-state index contributed by atoms with van der Waals surface area (Å²) in [6.45, 7) is 0. The van der Waals surface area contributed by atoms with Gasteiger partial charge in [0.1, 0.15) is 0 Å². The molecule has 1 aromatic rings. The Morgan fingerprint density at radius 2 is 1.61 bits per heavy atom. The van der Waals surface area contributed by atoms with Gasteiger partial charge in [-0.1, -0.05) is 28.1 Å². The maximum Gasteiger partial charge on any atom is 0.375 e. The van der Waals surface area contributed by atoms with E-state index in [-0.39, 0.29) is 0 Å². The molecular formula is C12H11BrO5. The first-order chi connectivity index (χ1) is 8.51. The number of ketones is 1. The minimum absolute atomic E-state index is 0.375. The lowest BCUT2D eigenvalue weighted by Gasteiger charge is -2.12. The highest BCUT2D eigenvalue weighted by Gasteiger charge is 2.34. The number of Topliss-reactive ketones (excluding diaryl/α,β-unsaturated/α-hetero) is 1. The number of benzene rings is 1. The van der Waals surface area contributed by atoms with Crippen LogP contribution in [0.5, 0.6) is 0 Å². The number of ether oxygens (including phenoxy) is 2. The average molecular weight is 315 g/mol. The van der Waals surface area contributed by atoms with Crippen molar-refractivity contribution in [1.82, 2.24) is 0 Å². The summed E-state index contributed by atoms with van der Waals surface area (Å²) in [5.74, 6) is -4.12. The topological polar surface area (TPSA) is 69.7 Å². The number of carbonyl (C=O) groups excluding carboxylic acids is 3. The number of rotatable bonds is 4. The summed E-state index contributed by atoms with van der Waals surface area (Å²) in [6, 6.07) is 6.45. The Morgan fingerprint density at radius 1 is 1.06 bits per heavy atom. The number of halogens is 1. The smallest absolute Gasteiger partial charge is 0.375 e. The lowest BCUT2D eigenvalue weighted by Crippen LogP contribution is -2.30. The zero-order valence-electron chi connectivity index (χ0n) is 9.81. The predicted molar refractivity (Wildman–Crippen MR) is 65.9 cm³/mol. The van der Waals surface area contributed by atoms with Crippen molar-refractivity contribution in [2.45, 2.75) is 5.92 Å². The standard InChI is InChI=1S/C12H11BrO5/c1-17-11(15)9(10(14)12(16)18-2)7-3-5-8(13)6-4-7/h3-6,9H,1-2H3. The van der Waals surface area contributed by atoms with Crippen LogP contribution >= 0.6 is 15.9 Å². The van der Waals surface area contributed by atoms with Gasteiger partial charge < -0.3 is 9.47 Å². The third-order valence-electron chi connectivity index (χ3n) is 2.29. The summed E-state index contributed by atoms with van der Waals surface area (Å²) in [7, 11) is 2.23. The molecule has 0 saturated heterocycles. The Labute approximate surface area is 112 Å². The maximum absolute atomic E-state index is 11.8. The molecule has 96 valence electrons. The van der Waals surface area contributed by atoms with Gasteiger partial charge >= 0.3 is 11.9 Å². The summed E-state index contributed by atoms with van der Waals surface area (Å²) >= 11 is 3.24. The Bertz CT molecular complexity index is 466. The number of hydrogen-bond donors (Lipinski definition) is 0. The molecule has 5 nitrogen and oxygen atoms in total. The molecule has 1 aromatic carbocycles. The van der Waals surface area contributed by atoms with Crippen molar-refractivity contribution >= 4 is 33.7 Å². The van der Waals surface area contributed by atoms with Gasteiger partial charge in [0.2, 0.25) is 0 Å². The Morgan fingerprint density at radius 3 is 2.06 bits per heavy atom. The average Bonchev–Trinajstić information content (AvgIpc) is 2.39. The van der Waals surface area contributed by atoms with Crippen LogP contribution < -0.4 is 0 Å². The normalized spacial score (nSPS) is 11.5. The zero-order chi connectivity index (χ0) is 13.7. The van der Waals surface area contributed by atoms with Crippen LogP contribution in [-0.2, 0) is 23.9 Å². The molecule has 0 radical (unpaired) electrons. The molecule has 0 heterocycles. The van der Waals surface area contributed by atoms with Crippen LogP contribution in [0.15, 0.2) is 28.7 Å². The van der Waals surface area contributed by atoms with E-state index < -0.39 is 23.6 Å². The highest BCUT2D eigenvalue weighted by Crippen LogP contribution is 2.21. The molecule has 0 aromatic heterocycles. The van der Waals surface area contributed by atoms with Crippen molar-refractivity contribution in [3.05, 3.63) is 34.3 Å². The summed E-state index contributed by atoms with van der Waals surface area (Å²) in [5.41, 5.74) is 0.375. The van der Waals surface area contributed by atoms with Gasteiger partial charge in [-0.15, -0.1) is 0 Å². The molecule has 0 aliphatic rings. The monoisotopic (exact) mass is 314 g/mol. The second-order valence-electron chi connectivity index (χ2n) is 3.36. The highest BCUT2D eigenvalue weighted by atomic mass is 79.9. The summed E-state index contributed by atoms with van der Waals surface area (Å²) in [5, 5.41) is 0. The van der Waals surface area contributed by atoms with E-state index in [0.717, 1.165) is 18.7 Å². The molecule has 0 aliphatic carbocycles. The summed E-state index contributed by atoms with van der Waals surface area (Å²) < 4.78 is 9.65. The van der Waals surface area contributed by atoms with E-state index in [1.807, 2.05) is 0 Å². The van der Waals surface area contributed by atoms with E-state index in [1.54, 1.807) is 24.3 Å². The molecule has 1 unspecified atom stereocenters. The largest absolute Gasteiger partial charge is 0.468 e. The molecular weight excluding hydrogens is 304 g/mol. The third-order valence-corrected chi connectivity index (χ3v) is 2.82. The van der Waals surface area contributed by atoms with E-state index in [9.17, 15) is 14.4 Å². The molecule has 0 bridgehead atoms. The van der Waals surface area contributed by atoms with Crippen LogP contribution in [-0.4, -0.2) is 31.9 Å². The van der Waals surface area contributed by atoms with E-state index in [2.05, 4.69) is 25.4 Å². The quantitative estimate of drug-likeness (QED) is 0.478. The molecule has 1 rings (SSSR count). The van der Waals surface area contributed by atoms with Gasteiger partial charge in [-0.3, -0.25) is 9.59 Å². The van der Waals surface area contributed by atoms with Gasteiger partial charge in [-0.05, 0) is 17.7 Å². The Kier molecular flexibility index (Phi) is 5.03. The van der Waals surface area contributed by atoms with E-state index in [4.69, 9.17) is 0 Å². The van der Waals surface area contributed by atoms with Gasteiger partial charge in [-0.25, -0.2) is 4.79 Å². The molecule has 18 heavy (non-hydrogen) atoms. The summed E-state index contributed by atoms with van der Waals surface area (Å²) in [6.07, 6.45) is 0. The van der Waals surface area contributed by atoms with Gasteiger partial charge in [0.25, 0.3) is 5.78 Å². The number of esters is 2. The summed E-state index contributed by atoms with van der Waals surface area (Å²) in [4.78, 5) is 34.6. The second-order valence-corrected chi connectivity index (χ2v) is 4.28. The molecule has 6 heteroatoms. The van der Waals surface area contributed by atoms with Gasteiger partial charge in [-0.2, -0.15) is 0 Å². The van der Waals surface area contributed by atoms with E-state index in [0.29, 0.717) is 5.56 Å². The molecule has 1 atom stereocenters. The first-order valence-corrected chi connectivity index (χ1v) is 5.76. The fourth-order valence-electron chi connectivity index (χ4n) is 1.39. The fraction of sp³-hybridized carbons (Fsp3) is 0.250. The van der Waals surface area contributed by atoms with E-state index in [1.165, 1.54) is 0 Å². The Balaban J connectivity index is 3.13. The number of methoxy groups -OCH3 is 2. The first-order valence-electron chi connectivity index (χ1n) is 4.96. The van der Waals surface area contributed by atoms with Crippen LogP contribution in [0, 0.1) is 0 Å². The SMILES string of the molecule is COC(=O)C(=O)C(C(=O)OC)c1ccc(Br)cc1. The maximum atomic E-state index is 11.8. The number of hydrogen-bond acceptors (Lipinski definition) is 5. The Hall–Kier alpha value is -1.69. The zero-order valence-corrected chi connectivity index (χ0v) is 11.4. The van der Waals surface area contributed by atoms with Crippen molar-refractivity contribution in [3.63, 3.8) is 0 Å². The van der Waals surface area contributed by atoms with Crippen molar-refractivity contribution in [2.24, 2.45) is 0 Å². The number of carbonyl (C=O) groups is 3. The van der Waals surface area contributed by atoms with Gasteiger partial charge in [0.05, 0.1) is 14.2 Å². The van der Waals surface area contributed by atoms with E-state index >= 15 is 0 Å². The second kappa shape index (κ2) is 6.30. The van der Waals surface area contributed by atoms with Gasteiger partial charge in [0.15, 0.2) is 5.92 Å². The third kappa shape index (κ3) is 3.16. The van der Waals surface area contributed by atoms with Crippen LogP contribution in [0.25, 0.3) is 0 Å². The predicted octanol–water partition coefficient (Wildman–Crippen LogP) is 1.45. The lowest BCUT2D eigenvalue weighted by molar-refractivity contribution is -0.157. The molecule has 0 spiro atoms. The minimum atomic E-state index is -1.30. The van der Waals surface area contributed by atoms with Crippen molar-refractivity contribution < 1.29 is 23.9 Å². The van der Waals surface area contributed by atoms with Crippen molar-refractivity contribution in [2.75, 3.05) is 14.2 Å². The van der Waals surface area contributed by atoms with Gasteiger partial charge in [0, 0.05) is 4.47 Å². The van der Waals surface area contributed by atoms with Crippen LogP contribution in [0.4, 0.5) is 0 Å². The molecule has 0 aliphatic heterocycles. The van der Waals surface area contributed by atoms with Crippen molar-refractivity contribution in [3.8, 4) is 0 Å². The molecule has 0 saturated carbocycles. The van der Waals surface area contributed by atoms with Crippen molar-refractivity contribution in [1.29, 1.82) is 0 Å². The van der Waals surface area contributed by atoms with Crippen LogP contribution in [0.2, 0.25) is 0 Å². The van der Waals surface area contributed by atoms with Crippen LogP contribution in [0.1, 0.15) is 11.5 Å². The highest BCUT2D eigenvalue weighted by molar-refractivity contribution is 9.10. The molecule has 0 N–H and O–H groups in total.